The molecule has 0 aromatic heterocycles. The van der Waals surface area contributed by atoms with E-state index in [1.165, 1.54) is 82.4 Å². The zero-order valence-electron chi connectivity index (χ0n) is 20.5. The molecule has 0 heterocycles. The number of hydrogen-bond donors (Lipinski definition) is 1. The first-order valence-corrected chi connectivity index (χ1v) is 13.6. The molecule has 7 heteroatoms. The second-order valence-corrected chi connectivity index (χ2v) is 9.94. The summed E-state index contributed by atoms with van der Waals surface area (Å²) in [5, 5.41) is 0. The van der Waals surface area contributed by atoms with Crippen molar-refractivity contribution >= 4 is 45.6 Å². The third-order valence-electron chi connectivity index (χ3n) is 5.77. The quantitative estimate of drug-likeness (QED) is 0.108. The average molecular weight is 478 g/mol. The Balaban J connectivity index is 0.00000961. The van der Waals surface area contributed by atoms with Crippen LogP contribution in [0, 0.1) is 5.92 Å². The van der Waals surface area contributed by atoms with Gasteiger partial charge in [0.05, 0.1) is 12.2 Å². The summed E-state index contributed by atoms with van der Waals surface area (Å²) in [5.74, 6) is -0.400. The molecule has 0 fully saturated rings. The van der Waals surface area contributed by atoms with Crippen LogP contribution < -0.4 is 0 Å². The van der Waals surface area contributed by atoms with Crippen molar-refractivity contribution in [3.05, 3.63) is 29.8 Å². The Morgan fingerprint density at radius 1 is 0.844 bits per heavy atom. The Bertz CT molecular complexity index is 721. The molecule has 0 saturated carbocycles. The molecule has 32 heavy (non-hydrogen) atoms. The van der Waals surface area contributed by atoms with Crippen molar-refractivity contribution < 1.29 is 22.5 Å². The Labute approximate surface area is 218 Å². The van der Waals surface area contributed by atoms with E-state index in [0.717, 1.165) is 25.7 Å². The molecule has 0 spiro atoms. The largest absolute Gasteiger partial charge is 0.462 e. The Morgan fingerprint density at radius 3 is 1.81 bits per heavy atom. The van der Waals surface area contributed by atoms with Crippen molar-refractivity contribution in [1.82, 2.24) is 0 Å². The van der Waals surface area contributed by atoms with Gasteiger partial charge in [0.25, 0.3) is 10.1 Å². The molecule has 1 unspecified atom stereocenters. The minimum Gasteiger partial charge on any atom is -0.462 e. The summed E-state index contributed by atoms with van der Waals surface area (Å²) in [6.45, 7) is 4.72. The molecule has 1 atom stereocenters. The van der Waals surface area contributed by atoms with Crippen LogP contribution in [0.1, 0.15) is 114 Å². The monoisotopic (exact) mass is 477 g/mol. The van der Waals surface area contributed by atoms with E-state index in [-0.39, 0.29) is 35.1 Å². The number of benzene rings is 1. The Hall–Kier alpha value is -0.400. The summed E-state index contributed by atoms with van der Waals surface area (Å²) in [5.41, 5.74) is -0.109. The van der Waals surface area contributed by atoms with E-state index in [9.17, 15) is 17.8 Å². The first-order valence-electron chi connectivity index (χ1n) is 12.1. The molecule has 1 rings (SSSR count). The fourth-order valence-electron chi connectivity index (χ4n) is 3.87. The van der Waals surface area contributed by atoms with E-state index in [2.05, 4.69) is 13.8 Å². The zero-order chi connectivity index (χ0) is 23.0. The second-order valence-electron chi connectivity index (χ2n) is 8.55. The second kappa shape index (κ2) is 19.0. The summed E-state index contributed by atoms with van der Waals surface area (Å²) in [6.07, 6.45) is 16.8. The SMILES string of the molecule is CCCCCCCCCC(CCCCCCC)COC(=O)c1ccccc1S(=O)(=O)O.[Na]. The summed E-state index contributed by atoms with van der Waals surface area (Å²) in [6, 6.07) is 5.63. The molecular formula is C25H42NaO5S. The van der Waals surface area contributed by atoms with Crippen LogP contribution in [0.25, 0.3) is 0 Å². The van der Waals surface area contributed by atoms with Gasteiger partial charge in [0.2, 0.25) is 0 Å². The van der Waals surface area contributed by atoms with Crippen molar-refractivity contribution in [3.63, 3.8) is 0 Å². The summed E-state index contributed by atoms with van der Waals surface area (Å²) in [4.78, 5) is 12.1. The normalized spacial score (nSPS) is 12.2. The first kappa shape index (κ1) is 31.6. The number of esters is 1. The number of unbranched alkanes of at least 4 members (excludes halogenated alkanes) is 10. The maximum Gasteiger partial charge on any atom is 0.339 e. The third-order valence-corrected chi connectivity index (χ3v) is 6.68. The Kier molecular flexibility index (Phi) is 18.7. The summed E-state index contributed by atoms with van der Waals surface area (Å²) >= 11 is 0. The fourth-order valence-corrected chi connectivity index (χ4v) is 4.55. The molecule has 1 radical (unpaired) electrons. The van der Waals surface area contributed by atoms with Gasteiger partial charge in [0.15, 0.2) is 0 Å². The molecule has 0 aliphatic rings. The van der Waals surface area contributed by atoms with E-state index < -0.39 is 21.0 Å². The number of rotatable bonds is 18. The first-order chi connectivity index (χ1) is 14.9. The molecule has 1 aromatic rings. The predicted octanol–water partition coefficient (Wildman–Crippen LogP) is 6.83. The van der Waals surface area contributed by atoms with Crippen LogP contribution in [0.15, 0.2) is 29.2 Å². The summed E-state index contributed by atoms with van der Waals surface area (Å²) in [7, 11) is -4.47. The van der Waals surface area contributed by atoms with Gasteiger partial charge in [-0.25, -0.2) is 4.79 Å². The standard InChI is InChI=1S/C25H42O5S.Na/c1-3-5-7-9-10-12-14-18-22(17-13-11-8-6-4-2)21-30-25(26)23-19-15-16-20-24(23)31(27,28)29;/h15-16,19-20,22H,3-14,17-18,21H2,1-2H3,(H,27,28,29);. The van der Waals surface area contributed by atoms with Crippen LogP contribution >= 0.6 is 0 Å². The maximum atomic E-state index is 12.5. The van der Waals surface area contributed by atoms with Crippen molar-refractivity contribution in [1.29, 1.82) is 0 Å². The van der Waals surface area contributed by atoms with Gasteiger partial charge < -0.3 is 4.74 Å². The van der Waals surface area contributed by atoms with Crippen molar-refractivity contribution in [2.75, 3.05) is 6.61 Å². The molecule has 1 aromatic carbocycles. The number of carbonyl (C=O) groups excluding carboxylic acids is 1. The zero-order valence-corrected chi connectivity index (χ0v) is 23.3. The average Bonchev–Trinajstić information content (AvgIpc) is 2.75. The molecule has 0 aliphatic heterocycles. The van der Waals surface area contributed by atoms with E-state index in [4.69, 9.17) is 4.74 Å². The third kappa shape index (κ3) is 14.0. The minimum absolute atomic E-state index is 0. The molecule has 0 amide bonds. The number of ether oxygens (including phenoxy) is 1. The maximum absolute atomic E-state index is 12.5. The van der Waals surface area contributed by atoms with Gasteiger partial charge in [-0.3, -0.25) is 4.55 Å². The van der Waals surface area contributed by atoms with Crippen LogP contribution in [0.4, 0.5) is 0 Å². The molecular weight excluding hydrogens is 435 g/mol. The van der Waals surface area contributed by atoms with Crippen LogP contribution in [0.5, 0.6) is 0 Å². The van der Waals surface area contributed by atoms with Gasteiger partial charge in [-0.05, 0) is 30.9 Å². The molecule has 0 bridgehead atoms. The topological polar surface area (TPSA) is 80.7 Å². The van der Waals surface area contributed by atoms with Crippen LogP contribution in [-0.2, 0) is 14.9 Å². The van der Waals surface area contributed by atoms with Gasteiger partial charge in [0.1, 0.15) is 4.90 Å². The Morgan fingerprint density at radius 2 is 1.31 bits per heavy atom. The molecule has 0 aliphatic carbocycles. The molecule has 1 N–H and O–H groups in total. The van der Waals surface area contributed by atoms with E-state index in [0.29, 0.717) is 12.5 Å². The molecule has 0 saturated heterocycles. The van der Waals surface area contributed by atoms with Gasteiger partial charge in [0, 0.05) is 29.6 Å². The fraction of sp³-hybridized carbons (Fsp3) is 0.720. The smallest absolute Gasteiger partial charge is 0.339 e. The summed E-state index contributed by atoms with van der Waals surface area (Å²) < 4.78 is 37.9. The van der Waals surface area contributed by atoms with Crippen LogP contribution in [0.3, 0.4) is 0 Å². The van der Waals surface area contributed by atoms with Crippen LogP contribution in [-0.4, -0.2) is 55.1 Å². The van der Waals surface area contributed by atoms with Gasteiger partial charge in [-0.2, -0.15) is 8.42 Å². The number of carbonyl (C=O) groups is 1. The van der Waals surface area contributed by atoms with Crippen molar-refractivity contribution in [2.24, 2.45) is 5.92 Å². The van der Waals surface area contributed by atoms with E-state index in [1.807, 2.05) is 0 Å². The predicted molar refractivity (Wildman–Crippen MR) is 132 cm³/mol. The van der Waals surface area contributed by atoms with Crippen LogP contribution in [0.2, 0.25) is 0 Å². The van der Waals surface area contributed by atoms with Crippen molar-refractivity contribution in [2.45, 2.75) is 109 Å². The van der Waals surface area contributed by atoms with Gasteiger partial charge >= 0.3 is 5.97 Å². The molecule has 179 valence electrons. The van der Waals surface area contributed by atoms with Crippen molar-refractivity contribution in [3.8, 4) is 0 Å². The van der Waals surface area contributed by atoms with E-state index >= 15 is 0 Å². The van der Waals surface area contributed by atoms with Gasteiger partial charge in [-0.1, -0.05) is 103 Å². The number of hydrogen-bond acceptors (Lipinski definition) is 4. The minimum atomic E-state index is -4.47. The van der Waals surface area contributed by atoms with Gasteiger partial charge in [-0.15, -0.1) is 0 Å². The van der Waals surface area contributed by atoms with E-state index in [1.54, 1.807) is 6.07 Å². The molecule has 5 nitrogen and oxygen atoms in total.